The van der Waals surface area contributed by atoms with E-state index in [-0.39, 0.29) is 15.5 Å². The van der Waals surface area contributed by atoms with Crippen molar-refractivity contribution < 1.29 is 13.2 Å². The third-order valence-corrected chi connectivity index (χ3v) is 6.38. The highest BCUT2D eigenvalue weighted by molar-refractivity contribution is 7.89. The maximum atomic E-state index is 12.5. The van der Waals surface area contributed by atoms with Crippen molar-refractivity contribution >= 4 is 55.6 Å². The van der Waals surface area contributed by atoms with Crippen LogP contribution in [0.15, 0.2) is 52.7 Å². The number of carbonyl (C=O) groups excluding carboxylic acids is 1. The Balaban J connectivity index is 1.84. The van der Waals surface area contributed by atoms with Gasteiger partial charge in [0, 0.05) is 16.0 Å². The van der Waals surface area contributed by atoms with Gasteiger partial charge in [0.25, 0.3) is 5.91 Å². The highest BCUT2D eigenvalue weighted by Gasteiger charge is 2.18. The fourth-order valence-electron chi connectivity index (χ4n) is 2.21. The average molecular weight is 442 g/mol. The number of thiazole rings is 1. The molecule has 0 bridgehead atoms. The molecule has 1 heterocycles. The first-order chi connectivity index (χ1) is 12.8. The molecule has 3 aromatic rings. The van der Waals surface area contributed by atoms with Crippen LogP contribution in [-0.4, -0.2) is 26.4 Å². The van der Waals surface area contributed by atoms with E-state index >= 15 is 0 Å². The molecule has 2 N–H and O–H groups in total. The molecule has 3 rings (SSSR count). The summed E-state index contributed by atoms with van der Waals surface area (Å²) in [5, 5.41) is 5.55. The Morgan fingerprint density at radius 2 is 1.81 bits per heavy atom. The van der Waals surface area contributed by atoms with Crippen LogP contribution in [0, 0.1) is 0 Å². The van der Waals surface area contributed by atoms with Gasteiger partial charge in [-0.3, -0.25) is 10.1 Å². The first-order valence-electron chi connectivity index (χ1n) is 7.56. The van der Waals surface area contributed by atoms with Crippen molar-refractivity contribution in [3.63, 3.8) is 0 Å². The van der Waals surface area contributed by atoms with Gasteiger partial charge >= 0.3 is 0 Å². The maximum absolute atomic E-state index is 12.5. The van der Waals surface area contributed by atoms with Crippen LogP contribution in [0.2, 0.25) is 10.0 Å². The third kappa shape index (κ3) is 4.48. The molecule has 0 aliphatic rings. The average Bonchev–Trinajstić information content (AvgIpc) is 3.10. The van der Waals surface area contributed by atoms with Crippen molar-refractivity contribution in [2.24, 2.45) is 0 Å². The Morgan fingerprint density at radius 3 is 2.48 bits per heavy atom. The number of carbonyl (C=O) groups is 1. The van der Waals surface area contributed by atoms with E-state index in [4.69, 9.17) is 23.2 Å². The molecule has 0 radical (unpaired) electrons. The van der Waals surface area contributed by atoms with E-state index < -0.39 is 15.9 Å². The molecule has 0 unspecified atom stereocenters. The minimum Gasteiger partial charge on any atom is -0.298 e. The van der Waals surface area contributed by atoms with E-state index in [0.29, 0.717) is 15.8 Å². The Morgan fingerprint density at radius 1 is 1.11 bits per heavy atom. The highest BCUT2D eigenvalue weighted by Crippen LogP contribution is 2.27. The number of rotatable bonds is 5. The number of halogens is 2. The number of nitrogens with one attached hydrogen (secondary N) is 2. The second kappa shape index (κ2) is 7.95. The largest absolute Gasteiger partial charge is 0.298 e. The summed E-state index contributed by atoms with van der Waals surface area (Å²) in [5.74, 6) is -0.551. The molecular formula is C17H13Cl2N3O3S2. The quantitative estimate of drug-likeness (QED) is 0.618. The van der Waals surface area contributed by atoms with Crippen LogP contribution in [0.1, 0.15) is 10.4 Å². The Kier molecular flexibility index (Phi) is 5.83. The zero-order valence-corrected chi connectivity index (χ0v) is 17.0. The van der Waals surface area contributed by atoms with Gasteiger partial charge in [0.15, 0.2) is 5.13 Å². The molecule has 10 heteroatoms. The third-order valence-electron chi connectivity index (χ3n) is 3.63. The minimum atomic E-state index is -3.69. The van der Waals surface area contributed by atoms with E-state index in [2.05, 4.69) is 15.0 Å². The van der Waals surface area contributed by atoms with Crippen LogP contribution >= 0.6 is 34.5 Å². The molecule has 0 saturated heterocycles. The lowest BCUT2D eigenvalue weighted by atomic mass is 10.2. The SMILES string of the molecule is CNS(=O)(=O)c1ccc(Cl)c(C(=O)Nc2nc(-c3ccc(Cl)cc3)cs2)c1. The van der Waals surface area contributed by atoms with Crippen LogP contribution in [0.5, 0.6) is 0 Å². The Labute approximate surface area is 170 Å². The van der Waals surface area contributed by atoms with Gasteiger partial charge in [-0.1, -0.05) is 35.3 Å². The van der Waals surface area contributed by atoms with Gasteiger partial charge in [0.2, 0.25) is 10.0 Å². The molecule has 2 aromatic carbocycles. The van der Waals surface area contributed by atoms with Crippen LogP contribution < -0.4 is 10.0 Å². The van der Waals surface area contributed by atoms with Gasteiger partial charge in [-0.15, -0.1) is 11.3 Å². The molecule has 0 aliphatic carbocycles. The molecule has 140 valence electrons. The van der Waals surface area contributed by atoms with Crippen molar-refractivity contribution in [2.75, 3.05) is 12.4 Å². The van der Waals surface area contributed by atoms with E-state index in [0.717, 1.165) is 5.56 Å². The zero-order valence-electron chi connectivity index (χ0n) is 13.9. The lowest BCUT2D eigenvalue weighted by Crippen LogP contribution is -2.20. The van der Waals surface area contributed by atoms with Gasteiger partial charge in [-0.25, -0.2) is 18.1 Å². The second-order valence-electron chi connectivity index (χ2n) is 5.35. The standard InChI is InChI=1S/C17H13Cl2N3O3S2/c1-20-27(24,25)12-6-7-14(19)13(8-12)16(23)22-17-21-15(9-26-17)10-2-4-11(18)5-3-10/h2-9,20H,1H3,(H,21,22,23). The van der Waals surface area contributed by atoms with Gasteiger partial charge in [-0.05, 0) is 37.4 Å². The van der Waals surface area contributed by atoms with Crippen molar-refractivity contribution in [2.45, 2.75) is 4.90 Å². The van der Waals surface area contributed by atoms with E-state index in [1.54, 1.807) is 17.5 Å². The van der Waals surface area contributed by atoms with Gasteiger partial charge in [0.1, 0.15) is 0 Å². The molecular weight excluding hydrogens is 429 g/mol. The predicted octanol–water partition coefficient (Wildman–Crippen LogP) is 4.28. The van der Waals surface area contributed by atoms with Crippen molar-refractivity contribution in [1.29, 1.82) is 0 Å². The number of hydrogen-bond donors (Lipinski definition) is 2. The topological polar surface area (TPSA) is 88.2 Å². The lowest BCUT2D eigenvalue weighted by molar-refractivity contribution is 0.102. The van der Waals surface area contributed by atoms with Crippen LogP contribution in [0.25, 0.3) is 11.3 Å². The van der Waals surface area contributed by atoms with Gasteiger partial charge < -0.3 is 0 Å². The Bertz CT molecular complexity index is 1100. The molecule has 27 heavy (non-hydrogen) atoms. The smallest absolute Gasteiger partial charge is 0.259 e. The first-order valence-corrected chi connectivity index (χ1v) is 10.7. The number of aromatic nitrogens is 1. The summed E-state index contributed by atoms with van der Waals surface area (Å²) in [5.41, 5.74) is 1.58. The molecule has 1 aromatic heterocycles. The summed E-state index contributed by atoms with van der Waals surface area (Å²) in [6, 6.07) is 11.1. The van der Waals surface area contributed by atoms with Crippen molar-refractivity contribution in [3.8, 4) is 11.3 Å². The molecule has 1 amide bonds. The Hall–Kier alpha value is -1.97. The number of hydrogen-bond acceptors (Lipinski definition) is 5. The number of benzene rings is 2. The van der Waals surface area contributed by atoms with E-state index in [1.807, 2.05) is 12.1 Å². The first kappa shape index (κ1) is 19.8. The summed E-state index contributed by atoms with van der Waals surface area (Å²) in [7, 11) is -2.40. The number of sulfonamides is 1. The number of anilines is 1. The van der Waals surface area contributed by atoms with Crippen LogP contribution in [-0.2, 0) is 10.0 Å². The molecule has 0 aliphatic heterocycles. The normalized spacial score (nSPS) is 11.4. The molecule has 0 atom stereocenters. The summed E-state index contributed by atoms with van der Waals surface area (Å²) in [6.45, 7) is 0. The van der Waals surface area contributed by atoms with Gasteiger partial charge in [-0.2, -0.15) is 0 Å². The summed E-state index contributed by atoms with van der Waals surface area (Å²) in [4.78, 5) is 16.8. The molecule has 0 fully saturated rings. The molecule has 0 saturated carbocycles. The lowest BCUT2D eigenvalue weighted by Gasteiger charge is -2.07. The van der Waals surface area contributed by atoms with Gasteiger partial charge in [0.05, 0.1) is 21.2 Å². The summed E-state index contributed by atoms with van der Waals surface area (Å²) in [6.07, 6.45) is 0. The van der Waals surface area contributed by atoms with Crippen molar-refractivity contribution in [3.05, 3.63) is 63.5 Å². The van der Waals surface area contributed by atoms with E-state index in [1.165, 1.54) is 36.6 Å². The number of amides is 1. The van der Waals surface area contributed by atoms with Crippen molar-refractivity contribution in [1.82, 2.24) is 9.71 Å². The zero-order chi connectivity index (χ0) is 19.6. The summed E-state index contributed by atoms with van der Waals surface area (Å²) >= 11 is 13.2. The highest BCUT2D eigenvalue weighted by atomic mass is 35.5. The fraction of sp³-hybridized carbons (Fsp3) is 0.0588. The second-order valence-corrected chi connectivity index (χ2v) is 8.94. The van der Waals surface area contributed by atoms with Crippen LogP contribution in [0.4, 0.5) is 5.13 Å². The minimum absolute atomic E-state index is 0.0382. The molecule has 6 nitrogen and oxygen atoms in total. The molecule has 0 spiro atoms. The summed E-state index contributed by atoms with van der Waals surface area (Å²) < 4.78 is 26.0. The van der Waals surface area contributed by atoms with Crippen LogP contribution in [0.3, 0.4) is 0 Å². The predicted molar refractivity (Wildman–Crippen MR) is 108 cm³/mol. The van der Waals surface area contributed by atoms with E-state index in [9.17, 15) is 13.2 Å². The number of nitrogens with zero attached hydrogens (tertiary/aromatic N) is 1. The fourth-order valence-corrected chi connectivity index (χ4v) is 4.01. The maximum Gasteiger partial charge on any atom is 0.259 e. The monoisotopic (exact) mass is 441 g/mol.